The molecule has 5 rings (SSSR count). The van der Waals surface area contributed by atoms with Crippen LogP contribution in [0.15, 0.2) is 72.1 Å². The van der Waals surface area contributed by atoms with Crippen molar-refractivity contribution in [3.05, 3.63) is 77.9 Å². The van der Waals surface area contributed by atoms with E-state index in [-0.39, 0.29) is 11.7 Å². The predicted octanol–water partition coefficient (Wildman–Crippen LogP) is 3.97. The van der Waals surface area contributed by atoms with Crippen molar-refractivity contribution in [1.82, 2.24) is 19.7 Å². The van der Waals surface area contributed by atoms with Gasteiger partial charge in [0, 0.05) is 26.2 Å². The molecule has 8 heteroatoms. The van der Waals surface area contributed by atoms with Gasteiger partial charge in [-0.3, -0.25) is 4.79 Å². The molecule has 0 radical (unpaired) electrons. The number of hydrogen-bond acceptors (Lipinski definition) is 6. The minimum absolute atomic E-state index is 0.142. The Morgan fingerprint density at radius 1 is 0.938 bits per heavy atom. The van der Waals surface area contributed by atoms with Gasteiger partial charge >= 0.3 is 0 Å². The molecule has 1 aliphatic heterocycles. The van der Waals surface area contributed by atoms with Gasteiger partial charge in [-0.15, -0.1) is 16.4 Å². The van der Waals surface area contributed by atoms with Crippen molar-refractivity contribution in [2.45, 2.75) is 0 Å². The van der Waals surface area contributed by atoms with Crippen molar-refractivity contribution in [1.29, 1.82) is 0 Å². The van der Waals surface area contributed by atoms with Gasteiger partial charge in [-0.1, -0.05) is 36.4 Å². The van der Waals surface area contributed by atoms with Crippen LogP contribution in [0.5, 0.6) is 5.75 Å². The second-order valence-electron chi connectivity index (χ2n) is 7.43. The van der Waals surface area contributed by atoms with Crippen molar-refractivity contribution >= 4 is 22.9 Å². The van der Waals surface area contributed by atoms with Crippen LogP contribution < -0.4 is 9.64 Å². The average molecular weight is 446 g/mol. The van der Waals surface area contributed by atoms with Gasteiger partial charge in [0.25, 0.3) is 5.91 Å². The summed E-state index contributed by atoms with van der Waals surface area (Å²) < 4.78 is 7.25. The van der Waals surface area contributed by atoms with Crippen LogP contribution in [0.4, 0.5) is 5.69 Å². The number of methoxy groups -OCH3 is 1. The minimum Gasteiger partial charge on any atom is -0.495 e. The maximum absolute atomic E-state index is 13.3. The Kier molecular flexibility index (Phi) is 5.60. The zero-order valence-electron chi connectivity index (χ0n) is 17.7. The quantitative estimate of drug-likeness (QED) is 0.465. The van der Waals surface area contributed by atoms with Crippen molar-refractivity contribution < 1.29 is 9.53 Å². The highest BCUT2D eigenvalue weighted by Crippen LogP contribution is 2.29. The van der Waals surface area contributed by atoms with Crippen LogP contribution in [-0.4, -0.2) is 58.9 Å². The van der Waals surface area contributed by atoms with E-state index in [4.69, 9.17) is 4.74 Å². The molecule has 0 atom stereocenters. The van der Waals surface area contributed by atoms with Gasteiger partial charge < -0.3 is 14.5 Å². The van der Waals surface area contributed by atoms with Gasteiger partial charge in [-0.2, -0.15) is 0 Å². The summed E-state index contributed by atoms with van der Waals surface area (Å²) in [6.45, 7) is 2.66. The molecule has 0 N–H and O–H groups in total. The summed E-state index contributed by atoms with van der Waals surface area (Å²) in [4.78, 5) is 23.0. The van der Waals surface area contributed by atoms with Crippen molar-refractivity contribution in [2.75, 3.05) is 38.2 Å². The van der Waals surface area contributed by atoms with Crippen LogP contribution in [0.3, 0.4) is 0 Å². The Bertz CT molecular complexity index is 1200. The lowest BCUT2D eigenvalue weighted by Crippen LogP contribution is -2.49. The number of carbonyl (C=O) groups is 1. The summed E-state index contributed by atoms with van der Waals surface area (Å²) in [5.74, 6) is 1.61. The van der Waals surface area contributed by atoms with E-state index in [1.54, 1.807) is 23.1 Å². The smallest absolute Gasteiger partial charge is 0.293 e. The lowest BCUT2D eigenvalue weighted by molar-refractivity contribution is 0.0734. The van der Waals surface area contributed by atoms with Crippen LogP contribution in [0, 0.1) is 0 Å². The van der Waals surface area contributed by atoms with Gasteiger partial charge in [-0.25, -0.2) is 9.67 Å². The van der Waals surface area contributed by atoms with Crippen LogP contribution in [0.1, 0.15) is 10.6 Å². The number of nitrogens with zero attached hydrogens (tertiary/aromatic N) is 5. The highest BCUT2D eigenvalue weighted by atomic mass is 32.1. The molecule has 1 saturated heterocycles. The summed E-state index contributed by atoms with van der Waals surface area (Å²) in [7, 11) is 1.68. The summed E-state index contributed by atoms with van der Waals surface area (Å²) in [5, 5.41) is 6.60. The number of rotatable bonds is 5. The molecule has 0 spiro atoms. The minimum atomic E-state index is -0.142. The summed E-state index contributed by atoms with van der Waals surface area (Å²) >= 11 is 1.58. The SMILES string of the molecule is COc1ccccc1N1CCN(C(=O)c2nc(-c3cccs3)n(-c3ccccc3)n2)CC1. The van der Waals surface area contributed by atoms with Crippen LogP contribution in [0.2, 0.25) is 0 Å². The molecule has 0 bridgehead atoms. The van der Waals surface area contributed by atoms with Gasteiger partial charge in [0.2, 0.25) is 5.82 Å². The van der Waals surface area contributed by atoms with E-state index in [1.807, 2.05) is 77.0 Å². The number of anilines is 1. The molecule has 7 nitrogen and oxygen atoms in total. The third-order valence-corrected chi connectivity index (χ3v) is 6.40. The first kappa shape index (κ1) is 20.3. The zero-order valence-corrected chi connectivity index (χ0v) is 18.5. The Balaban J connectivity index is 1.37. The Labute approximate surface area is 190 Å². The largest absolute Gasteiger partial charge is 0.495 e. The number of ether oxygens (including phenoxy) is 1. The van der Waals surface area contributed by atoms with Gasteiger partial charge in [-0.05, 0) is 35.7 Å². The van der Waals surface area contributed by atoms with Gasteiger partial charge in [0.1, 0.15) is 5.75 Å². The maximum atomic E-state index is 13.3. The first-order valence-electron chi connectivity index (χ1n) is 10.5. The second-order valence-corrected chi connectivity index (χ2v) is 8.38. The van der Waals surface area contributed by atoms with Crippen LogP contribution in [-0.2, 0) is 0 Å². The molecule has 1 fully saturated rings. The molecule has 1 amide bonds. The Morgan fingerprint density at radius 2 is 1.69 bits per heavy atom. The lowest BCUT2D eigenvalue weighted by atomic mass is 10.2. The number of benzene rings is 2. The monoisotopic (exact) mass is 445 g/mol. The number of para-hydroxylation sites is 3. The highest BCUT2D eigenvalue weighted by molar-refractivity contribution is 7.13. The van der Waals surface area contributed by atoms with Crippen molar-refractivity contribution in [2.24, 2.45) is 0 Å². The first-order valence-corrected chi connectivity index (χ1v) is 11.4. The average Bonchev–Trinajstić information content (AvgIpc) is 3.54. The van der Waals surface area contributed by atoms with E-state index in [0.29, 0.717) is 18.9 Å². The van der Waals surface area contributed by atoms with Crippen molar-refractivity contribution in [3.63, 3.8) is 0 Å². The Morgan fingerprint density at radius 3 is 2.41 bits per heavy atom. The van der Waals surface area contributed by atoms with Gasteiger partial charge in [0.05, 0.1) is 23.4 Å². The molecular weight excluding hydrogens is 422 g/mol. The standard InChI is InChI=1S/C24H23N5O2S/c1-31-20-11-6-5-10-19(20)27-13-15-28(16-14-27)24(30)22-25-23(21-12-7-17-32-21)29(26-22)18-8-3-2-4-9-18/h2-12,17H,13-16H2,1H3. The summed E-state index contributed by atoms with van der Waals surface area (Å²) in [6.07, 6.45) is 0. The zero-order chi connectivity index (χ0) is 21.9. The molecule has 0 unspecified atom stereocenters. The lowest BCUT2D eigenvalue weighted by Gasteiger charge is -2.36. The normalized spacial score (nSPS) is 13.9. The van der Waals surface area contributed by atoms with Crippen molar-refractivity contribution in [3.8, 4) is 22.1 Å². The number of thiophene rings is 1. The fourth-order valence-corrected chi connectivity index (χ4v) is 4.60. The van der Waals surface area contributed by atoms with E-state index < -0.39 is 0 Å². The van der Waals surface area contributed by atoms with Crippen LogP contribution in [0.25, 0.3) is 16.4 Å². The Hall–Kier alpha value is -3.65. The number of hydrogen-bond donors (Lipinski definition) is 0. The molecule has 4 aromatic rings. The molecule has 3 heterocycles. The molecule has 0 saturated carbocycles. The molecule has 2 aromatic heterocycles. The third kappa shape index (κ3) is 3.85. The third-order valence-electron chi connectivity index (χ3n) is 5.53. The number of carbonyl (C=O) groups excluding carboxylic acids is 1. The predicted molar refractivity (Wildman–Crippen MR) is 126 cm³/mol. The maximum Gasteiger partial charge on any atom is 0.293 e. The van der Waals surface area contributed by atoms with E-state index >= 15 is 0 Å². The number of aromatic nitrogens is 3. The number of amides is 1. The van der Waals surface area contributed by atoms with E-state index in [9.17, 15) is 4.79 Å². The molecule has 0 aliphatic carbocycles. The fourth-order valence-electron chi connectivity index (χ4n) is 3.90. The fraction of sp³-hybridized carbons (Fsp3) is 0.208. The summed E-state index contributed by atoms with van der Waals surface area (Å²) in [6, 6.07) is 21.7. The molecular formula is C24H23N5O2S. The first-order chi connectivity index (χ1) is 15.7. The topological polar surface area (TPSA) is 63.5 Å². The van der Waals surface area contributed by atoms with Crippen LogP contribution >= 0.6 is 11.3 Å². The van der Waals surface area contributed by atoms with E-state index in [1.165, 1.54) is 0 Å². The second kappa shape index (κ2) is 8.84. The number of piperazine rings is 1. The molecule has 162 valence electrons. The molecule has 1 aliphatic rings. The van der Waals surface area contributed by atoms with E-state index in [0.717, 1.165) is 35.1 Å². The molecule has 32 heavy (non-hydrogen) atoms. The van der Waals surface area contributed by atoms with E-state index in [2.05, 4.69) is 15.0 Å². The molecule has 2 aromatic carbocycles. The van der Waals surface area contributed by atoms with Gasteiger partial charge in [0.15, 0.2) is 5.82 Å². The highest BCUT2D eigenvalue weighted by Gasteiger charge is 2.27. The summed E-state index contributed by atoms with van der Waals surface area (Å²) in [5.41, 5.74) is 1.93.